The van der Waals surface area contributed by atoms with Crippen molar-refractivity contribution in [1.82, 2.24) is 14.9 Å². The highest BCUT2D eigenvalue weighted by Gasteiger charge is 2.25. The Kier molecular flexibility index (Phi) is 5.42. The van der Waals surface area contributed by atoms with Crippen LogP contribution in [0.5, 0.6) is 0 Å². The minimum atomic E-state index is -0.794. The maximum Gasteiger partial charge on any atom is 0.303 e. The summed E-state index contributed by atoms with van der Waals surface area (Å²) in [7, 11) is 1.78. The predicted molar refractivity (Wildman–Crippen MR) is 126 cm³/mol. The number of aromatic nitrogens is 2. The van der Waals surface area contributed by atoms with Crippen LogP contribution in [0.15, 0.2) is 66.7 Å². The minimum absolute atomic E-state index is 0.0714. The largest absolute Gasteiger partial charge is 0.481 e. The molecule has 0 radical (unpaired) electrons. The molecule has 3 aromatic carbocycles. The van der Waals surface area contributed by atoms with Gasteiger partial charge < -0.3 is 15.0 Å². The number of hydrogen-bond donors (Lipinski definition) is 2. The standard InChI is InChI=1S/C27H25N3O3/c1-30(16-25-28-23-8-4-5-9-24(23)29-25)27(33)19-11-10-17-12-21(15-26(31)32)22-7-3-2-6-18(22)13-20(17)14-19/h2-11,14,21H,12-13,15-16H2,1H3,(H,28,29)(H,31,32). The second-order valence-electron chi connectivity index (χ2n) is 8.72. The number of amides is 1. The molecule has 1 aliphatic rings. The second-order valence-corrected chi connectivity index (χ2v) is 8.72. The number of aromatic amines is 1. The summed E-state index contributed by atoms with van der Waals surface area (Å²) < 4.78 is 0. The first-order valence-corrected chi connectivity index (χ1v) is 11.1. The van der Waals surface area contributed by atoms with Gasteiger partial charge in [0.15, 0.2) is 0 Å². The lowest BCUT2D eigenvalue weighted by Crippen LogP contribution is -2.27. The number of carboxylic acid groups (broad SMARTS) is 1. The Labute approximate surface area is 191 Å². The van der Waals surface area contributed by atoms with E-state index < -0.39 is 5.97 Å². The van der Waals surface area contributed by atoms with E-state index in [-0.39, 0.29) is 18.2 Å². The van der Waals surface area contributed by atoms with Gasteiger partial charge in [0.05, 0.1) is 24.0 Å². The van der Waals surface area contributed by atoms with Crippen LogP contribution in [0, 0.1) is 0 Å². The fourth-order valence-corrected chi connectivity index (χ4v) is 4.79. The highest BCUT2D eigenvalue weighted by molar-refractivity contribution is 5.94. The van der Waals surface area contributed by atoms with Gasteiger partial charge >= 0.3 is 5.97 Å². The number of nitrogens with zero attached hydrogens (tertiary/aromatic N) is 2. The van der Waals surface area contributed by atoms with Crippen molar-refractivity contribution in [3.05, 3.63) is 100 Å². The van der Waals surface area contributed by atoms with Crippen LogP contribution in [-0.2, 0) is 24.2 Å². The molecule has 1 unspecified atom stereocenters. The zero-order chi connectivity index (χ0) is 22.9. The molecular formula is C27H25N3O3. The van der Waals surface area contributed by atoms with Crippen LogP contribution < -0.4 is 0 Å². The maximum absolute atomic E-state index is 13.2. The van der Waals surface area contributed by atoms with E-state index in [1.54, 1.807) is 11.9 Å². The molecule has 5 rings (SSSR count). The molecule has 0 saturated heterocycles. The van der Waals surface area contributed by atoms with E-state index in [9.17, 15) is 14.7 Å². The molecule has 1 aromatic heterocycles. The molecule has 0 spiro atoms. The van der Waals surface area contributed by atoms with E-state index in [1.807, 2.05) is 60.7 Å². The second kappa shape index (κ2) is 8.54. The first kappa shape index (κ1) is 20.9. The van der Waals surface area contributed by atoms with E-state index in [0.717, 1.165) is 39.1 Å². The monoisotopic (exact) mass is 439 g/mol. The van der Waals surface area contributed by atoms with Gasteiger partial charge in [0.2, 0.25) is 0 Å². The van der Waals surface area contributed by atoms with Crippen LogP contribution in [0.1, 0.15) is 50.8 Å². The molecule has 1 aliphatic carbocycles. The fraction of sp³-hybridized carbons (Fsp3) is 0.222. The molecule has 0 aliphatic heterocycles. The maximum atomic E-state index is 13.2. The Morgan fingerprint density at radius 3 is 2.64 bits per heavy atom. The molecule has 166 valence electrons. The molecule has 4 aromatic rings. The van der Waals surface area contributed by atoms with Gasteiger partial charge in [-0.3, -0.25) is 9.59 Å². The van der Waals surface area contributed by atoms with Gasteiger partial charge in [-0.1, -0.05) is 42.5 Å². The lowest BCUT2D eigenvalue weighted by atomic mass is 9.89. The summed E-state index contributed by atoms with van der Waals surface area (Å²) in [5, 5.41) is 9.42. The number of hydrogen-bond acceptors (Lipinski definition) is 3. The number of fused-ring (bicyclic) bond motifs is 3. The van der Waals surface area contributed by atoms with E-state index in [2.05, 4.69) is 16.0 Å². The Bertz CT molecular complexity index is 1320. The van der Waals surface area contributed by atoms with Crippen LogP contribution in [0.3, 0.4) is 0 Å². The van der Waals surface area contributed by atoms with Crippen LogP contribution in [0.25, 0.3) is 11.0 Å². The summed E-state index contributed by atoms with van der Waals surface area (Å²) in [6.07, 6.45) is 1.44. The lowest BCUT2D eigenvalue weighted by Gasteiger charge is -2.18. The zero-order valence-corrected chi connectivity index (χ0v) is 18.4. The van der Waals surface area contributed by atoms with Gasteiger partial charge in [0.1, 0.15) is 5.82 Å². The average molecular weight is 440 g/mol. The van der Waals surface area contributed by atoms with Crippen LogP contribution in [0.2, 0.25) is 0 Å². The number of carbonyl (C=O) groups excluding carboxylic acids is 1. The molecule has 6 nitrogen and oxygen atoms in total. The summed E-state index contributed by atoms with van der Waals surface area (Å²) in [6, 6.07) is 21.6. The number of para-hydroxylation sites is 2. The fourth-order valence-electron chi connectivity index (χ4n) is 4.79. The Hall–Kier alpha value is -3.93. The SMILES string of the molecule is CN(Cc1nc2ccccc2[nH]1)C(=O)c1ccc2c(c1)Cc1ccccc1C(CC(=O)O)C2. The first-order valence-electron chi connectivity index (χ1n) is 11.1. The van der Waals surface area contributed by atoms with Crippen molar-refractivity contribution in [3.63, 3.8) is 0 Å². The highest BCUT2D eigenvalue weighted by atomic mass is 16.4. The van der Waals surface area contributed by atoms with E-state index in [4.69, 9.17) is 0 Å². The number of carbonyl (C=O) groups is 2. The number of imidazole rings is 1. The summed E-state index contributed by atoms with van der Waals surface area (Å²) in [5.74, 6) is -0.195. The summed E-state index contributed by atoms with van der Waals surface area (Å²) in [4.78, 5) is 34.2. The smallest absolute Gasteiger partial charge is 0.303 e. The molecule has 0 fully saturated rings. The first-order chi connectivity index (χ1) is 16.0. The van der Waals surface area contributed by atoms with Gasteiger partial charge in [0, 0.05) is 12.6 Å². The van der Waals surface area contributed by atoms with Crippen molar-refractivity contribution in [3.8, 4) is 0 Å². The molecule has 0 bridgehead atoms. The van der Waals surface area contributed by atoms with Crippen molar-refractivity contribution < 1.29 is 14.7 Å². The Balaban J connectivity index is 1.40. The van der Waals surface area contributed by atoms with Crippen LogP contribution in [0.4, 0.5) is 0 Å². The van der Waals surface area contributed by atoms with Gasteiger partial charge in [-0.15, -0.1) is 0 Å². The highest BCUT2D eigenvalue weighted by Crippen LogP contribution is 2.34. The van der Waals surface area contributed by atoms with E-state index >= 15 is 0 Å². The molecule has 1 atom stereocenters. The third-order valence-corrected chi connectivity index (χ3v) is 6.39. The van der Waals surface area contributed by atoms with Gasteiger partial charge in [-0.05, 0) is 65.3 Å². The van der Waals surface area contributed by atoms with Crippen molar-refractivity contribution in [2.24, 2.45) is 0 Å². The van der Waals surface area contributed by atoms with Crippen LogP contribution >= 0.6 is 0 Å². The molecule has 1 amide bonds. The number of benzene rings is 3. The summed E-state index contributed by atoms with van der Waals surface area (Å²) in [6.45, 7) is 0.383. The topological polar surface area (TPSA) is 86.3 Å². The van der Waals surface area contributed by atoms with Crippen molar-refractivity contribution in [1.29, 1.82) is 0 Å². The number of rotatable bonds is 5. The molecule has 1 heterocycles. The minimum Gasteiger partial charge on any atom is -0.481 e. The molecular weight excluding hydrogens is 414 g/mol. The number of carboxylic acids is 1. The molecule has 6 heteroatoms. The van der Waals surface area contributed by atoms with Gasteiger partial charge in [-0.25, -0.2) is 4.98 Å². The lowest BCUT2D eigenvalue weighted by molar-refractivity contribution is -0.137. The van der Waals surface area contributed by atoms with Crippen molar-refractivity contribution >= 4 is 22.9 Å². The molecule has 0 saturated carbocycles. The van der Waals surface area contributed by atoms with Gasteiger partial charge in [-0.2, -0.15) is 0 Å². The van der Waals surface area contributed by atoms with Gasteiger partial charge in [0.25, 0.3) is 5.91 Å². The quantitative estimate of drug-likeness (QED) is 0.478. The van der Waals surface area contributed by atoms with Crippen LogP contribution in [-0.4, -0.2) is 38.9 Å². The number of aliphatic carboxylic acids is 1. The summed E-state index contributed by atoms with van der Waals surface area (Å²) >= 11 is 0. The molecule has 2 N–H and O–H groups in total. The molecule has 33 heavy (non-hydrogen) atoms. The Morgan fingerprint density at radius 1 is 1.03 bits per heavy atom. The average Bonchev–Trinajstić information content (AvgIpc) is 3.14. The van der Waals surface area contributed by atoms with E-state index in [1.165, 1.54) is 0 Å². The zero-order valence-electron chi connectivity index (χ0n) is 18.4. The normalized spacial score (nSPS) is 14.9. The van der Waals surface area contributed by atoms with E-state index in [0.29, 0.717) is 24.9 Å². The third kappa shape index (κ3) is 4.24. The van der Waals surface area contributed by atoms with Crippen molar-refractivity contribution in [2.75, 3.05) is 7.05 Å². The summed E-state index contributed by atoms with van der Waals surface area (Å²) in [5.41, 5.74) is 6.86. The third-order valence-electron chi connectivity index (χ3n) is 6.39. The Morgan fingerprint density at radius 2 is 1.82 bits per heavy atom. The number of nitrogens with one attached hydrogen (secondary N) is 1. The predicted octanol–water partition coefficient (Wildman–Crippen LogP) is 4.54. The number of H-pyrrole nitrogens is 1. The van der Waals surface area contributed by atoms with Crippen molar-refractivity contribution in [2.45, 2.75) is 31.7 Å².